The Morgan fingerprint density at radius 3 is 2.48 bits per heavy atom. The molecule has 1 aliphatic heterocycles. The molecule has 154 valence electrons. The third kappa shape index (κ3) is 5.84. The Labute approximate surface area is 168 Å². The molecule has 1 heterocycles. The van der Waals surface area contributed by atoms with E-state index in [1.165, 1.54) is 12.1 Å². The first kappa shape index (κ1) is 20.9. The van der Waals surface area contributed by atoms with Gasteiger partial charge in [0.2, 0.25) is 5.91 Å². The minimum Gasteiger partial charge on any atom is -0.378 e. The summed E-state index contributed by atoms with van der Waals surface area (Å²) >= 11 is 0. The van der Waals surface area contributed by atoms with Crippen molar-refractivity contribution in [1.82, 2.24) is 5.32 Å². The van der Waals surface area contributed by atoms with Crippen molar-refractivity contribution in [2.45, 2.75) is 19.6 Å². The van der Waals surface area contributed by atoms with Gasteiger partial charge < -0.3 is 15.0 Å². The van der Waals surface area contributed by atoms with E-state index in [0.717, 1.165) is 17.2 Å². The number of halogens is 3. The smallest absolute Gasteiger partial charge is 0.378 e. The van der Waals surface area contributed by atoms with Crippen LogP contribution in [0.5, 0.6) is 0 Å². The Morgan fingerprint density at radius 2 is 1.83 bits per heavy atom. The number of nitrogens with one attached hydrogen (secondary N) is 1. The molecule has 0 atom stereocenters. The van der Waals surface area contributed by atoms with Gasteiger partial charge in [-0.05, 0) is 36.3 Å². The Bertz CT molecular complexity index is 871. The second-order valence-corrected chi connectivity index (χ2v) is 6.90. The first-order chi connectivity index (χ1) is 13.8. The molecule has 1 saturated heterocycles. The highest BCUT2D eigenvalue weighted by Crippen LogP contribution is 2.35. The maximum Gasteiger partial charge on any atom is 0.416 e. The number of carbonyl (C=O) groups is 1. The lowest BCUT2D eigenvalue weighted by Gasteiger charge is -2.29. The van der Waals surface area contributed by atoms with E-state index >= 15 is 0 Å². The summed E-state index contributed by atoms with van der Waals surface area (Å²) in [6.07, 6.45) is -1.55. The summed E-state index contributed by atoms with van der Waals surface area (Å²) in [4.78, 5) is 13.9. The van der Waals surface area contributed by atoms with Crippen LogP contribution < -0.4 is 10.2 Å². The molecule has 2 aromatic rings. The second-order valence-electron chi connectivity index (χ2n) is 6.90. The van der Waals surface area contributed by atoms with Gasteiger partial charge in [0.05, 0.1) is 18.8 Å². The maximum absolute atomic E-state index is 13.6. The van der Waals surface area contributed by atoms with E-state index in [1.807, 2.05) is 36.1 Å². The largest absolute Gasteiger partial charge is 0.416 e. The molecule has 0 spiro atoms. The summed E-state index contributed by atoms with van der Waals surface area (Å²) < 4.78 is 45.9. The molecule has 1 N–H and O–H groups in total. The summed E-state index contributed by atoms with van der Waals surface area (Å²) in [7, 11) is 0. The first-order valence-corrected chi connectivity index (χ1v) is 9.38. The van der Waals surface area contributed by atoms with Gasteiger partial charge in [-0.15, -0.1) is 0 Å². The monoisotopic (exact) mass is 404 g/mol. The predicted molar refractivity (Wildman–Crippen MR) is 107 cm³/mol. The molecule has 0 aliphatic carbocycles. The number of anilines is 1. The standard InChI is InChI=1S/C22H23F3N2O2/c1-16-2-4-17(5-3-16)6-9-21(28)26-15-18-7-8-19(14-20(18)22(23,24)25)27-10-12-29-13-11-27/h2-9,14H,10-13,15H2,1H3,(H,26,28)/b9-6+. The van der Waals surface area contributed by atoms with Crippen molar-refractivity contribution in [2.75, 3.05) is 31.2 Å². The molecule has 0 saturated carbocycles. The summed E-state index contributed by atoms with van der Waals surface area (Å²) in [6, 6.07) is 11.8. The molecule has 1 amide bonds. The van der Waals surface area contributed by atoms with Crippen LogP contribution in [0.2, 0.25) is 0 Å². The van der Waals surface area contributed by atoms with Crippen LogP contribution in [0, 0.1) is 6.92 Å². The molecule has 4 nitrogen and oxygen atoms in total. The molecular formula is C22H23F3N2O2. The minimum absolute atomic E-state index is 0.0339. The van der Waals surface area contributed by atoms with Gasteiger partial charge in [0.15, 0.2) is 0 Å². The predicted octanol–water partition coefficient (Wildman–Crippen LogP) is 4.18. The number of carbonyl (C=O) groups excluding carboxylic acids is 1. The Hall–Kier alpha value is -2.80. The SMILES string of the molecule is Cc1ccc(/C=C/C(=O)NCc2ccc(N3CCOCC3)cc2C(F)(F)F)cc1. The van der Waals surface area contributed by atoms with Gasteiger partial charge in [-0.2, -0.15) is 13.2 Å². The summed E-state index contributed by atoms with van der Waals surface area (Å²) in [5, 5.41) is 2.53. The molecule has 0 bridgehead atoms. The van der Waals surface area contributed by atoms with Crippen LogP contribution in [-0.4, -0.2) is 32.2 Å². The quantitative estimate of drug-likeness (QED) is 0.761. The van der Waals surface area contributed by atoms with Gasteiger partial charge in [-0.25, -0.2) is 0 Å². The summed E-state index contributed by atoms with van der Waals surface area (Å²) in [6.45, 7) is 3.85. The summed E-state index contributed by atoms with van der Waals surface area (Å²) in [5.74, 6) is -0.448. The lowest BCUT2D eigenvalue weighted by atomic mass is 10.0. The van der Waals surface area contributed by atoms with Gasteiger partial charge >= 0.3 is 6.18 Å². The average Bonchev–Trinajstić information content (AvgIpc) is 2.71. The van der Waals surface area contributed by atoms with Crippen molar-refractivity contribution in [1.29, 1.82) is 0 Å². The van der Waals surface area contributed by atoms with E-state index in [1.54, 1.807) is 12.1 Å². The zero-order chi connectivity index (χ0) is 20.9. The highest BCUT2D eigenvalue weighted by molar-refractivity contribution is 5.91. The minimum atomic E-state index is -4.50. The third-order valence-corrected chi connectivity index (χ3v) is 4.73. The second kappa shape index (κ2) is 9.13. The first-order valence-electron chi connectivity index (χ1n) is 9.38. The lowest BCUT2D eigenvalue weighted by Crippen LogP contribution is -2.36. The van der Waals surface area contributed by atoms with Gasteiger partial charge in [0, 0.05) is 31.4 Å². The third-order valence-electron chi connectivity index (χ3n) is 4.73. The maximum atomic E-state index is 13.6. The molecule has 3 rings (SSSR count). The zero-order valence-electron chi connectivity index (χ0n) is 16.1. The Morgan fingerprint density at radius 1 is 1.14 bits per heavy atom. The lowest BCUT2D eigenvalue weighted by molar-refractivity contribution is -0.138. The van der Waals surface area contributed by atoms with Crippen LogP contribution in [0.3, 0.4) is 0 Å². The van der Waals surface area contributed by atoms with E-state index < -0.39 is 17.6 Å². The van der Waals surface area contributed by atoms with E-state index in [-0.39, 0.29) is 12.1 Å². The van der Waals surface area contributed by atoms with Crippen molar-refractivity contribution in [3.05, 3.63) is 70.8 Å². The molecule has 2 aromatic carbocycles. The number of ether oxygens (including phenoxy) is 1. The van der Waals surface area contributed by atoms with Crippen molar-refractivity contribution in [3.8, 4) is 0 Å². The fourth-order valence-corrected chi connectivity index (χ4v) is 3.09. The van der Waals surface area contributed by atoms with E-state index in [9.17, 15) is 18.0 Å². The van der Waals surface area contributed by atoms with Crippen LogP contribution >= 0.6 is 0 Å². The van der Waals surface area contributed by atoms with Crippen molar-refractivity contribution in [2.24, 2.45) is 0 Å². The van der Waals surface area contributed by atoms with E-state index in [2.05, 4.69) is 5.32 Å². The Balaban J connectivity index is 1.69. The van der Waals surface area contributed by atoms with Gasteiger partial charge in [-0.1, -0.05) is 35.9 Å². The van der Waals surface area contributed by atoms with Crippen molar-refractivity contribution >= 4 is 17.7 Å². The fourth-order valence-electron chi connectivity index (χ4n) is 3.09. The van der Waals surface area contributed by atoms with Gasteiger partial charge in [-0.3, -0.25) is 4.79 Å². The molecule has 1 fully saturated rings. The van der Waals surface area contributed by atoms with Crippen molar-refractivity contribution < 1.29 is 22.7 Å². The number of morpholine rings is 1. The topological polar surface area (TPSA) is 41.6 Å². The highest BCUT2D eigenvalue weighted by atomic mass is 19.4. The normalized spacial score (nSPS) is 15.0. The van der Waals surface area contributed by atoms with Crippen LogP contribution in [0.25, 0.3) is 6.08 Å². The number of hydrogen-bond acceptors (Lipinski definition) is 3. The van der Waals surface area contributed by atoms with E-state index in [4.69, 9.17) is 4.74 Å². The van der Waals surface area contributed by atoms with Crippen LogP contribution in [0.4, 0.5) is 18.9 Å². The van der Waals surface area contributed by atoms with E-state index in [0.29, 0.717) is 32.0 Å². The number of rotatable bonds is 5. The van der Waals surface area contributed by atoms with Gasteiger partial charge in [0.25, 0.3) is 0 Å². The van der Waals surface area contributed by atoms with Crippen LogP contribution in [0.1, 0.15) is 22.3 Å². The zero-order valence-corrected chi connectivity index (χ0v) is 16.1. The molecule has 7 heteroatoms. The molecule has 1 aliphatic rings. The van der Waals surface area contributed by atoms with Crippen molar-refractivity contribution in [3.63, 3.8) is 0 Å². The number of amides is 1. The molecule has 0 radical (unpaired) electrons. The fraction of sp³-hybridized carbons (Fsp3) is 0.318. The van der Waals surface area contributed by atoms with Crippen LogP contribution in [0.15, 0.2) is 48.5 Å². The number of aryl methyl sites for hydroxylation is 1. The molecule has 0 unspecified atom stereocenters. The number of alkyl halides is 3. The summed E-state index contributed by atoms with van der Waals surface area (Å²) in [5.41, 5.74) is 1.76. The number of nitrogens with zero attached hydrogens (tertiary/aromatic N) is 1. The number of hydrogen-bond donors (Lipinski definition) is 1. The number of benzene rings is 2. The van der Waals surface area contributed by atoms with Crippen LogP contribution in [-0.2, 0) is 22.3 Å². The average molecular weight is 404 g/mol. The van der Waals surface area contributed by atoms with Gasteiger partial charge in [0.1, 0.15) is 0 Å². The molecule has 29 heavy (non-hydrogen) atoms. The molecular weight excluding hydrogens is 381 g/mol. The Kier molecular flexibility index (Phi) is 6.59. The highest BCUT2D eigenvalue weighted by Gasteiger charge is 2.34. The molecule has 0 aromatic heterocycles.